The second-order valence-corrected chi connectivity index (χ2v) is 9.56. The van der Waals surface area contributed by atoms with Gasteiger partial charge in [0.05, 0.1) is 23.7 Å². The van der Waals surface area contributed by atoms with Gasteiger partial charge in [0.15, 0.2) is 0 Å². The summed E-state index contributed by atoms with van der Waals surface area (Å²) in [6.45, 7) is 5.22. The van der Waals surface area contributed by atoms with E-state index in [-0.39, 0.29) is 30.2 Å². The topological polar surface area (TPSA) is 108 Å². The molecule has 1 unspecified atom stereocenters. The predicted octanol–water partition coefficient (Wildman–Crippen LogP) is 4.85. The van der Waals surface area contributed by atoms with Gasteiger partial charge in [-0.15, -0.1) is 0 Å². The van der Waals surface area contributed by atoms with Crippen molar-refractivity contribution in [1.29, 1.82) is 0 Å². The zero-order valence-electron chi connectivity index (χ0n) is 21.4. The Bertz CT molecular complexity index is 1330. The Morgan fingerprint density at radius 1 is 1.05 bits per heavy atom. The number of hydrogen-bond acceptors (Lipinski definition) is 7. The molecule has 0 aromatic heterocycles. The lowest BCUT2D eigenvalue weighted by Crippen LogP contribution is -2.59. The summed E-state index contributed by atoms with van der Waals surface area (Å²) in [5.41, 5.74) is -2.53. The number of carboxylic acid groups (broad SMARTS) is 1. The van der Waals surface area contributed by atoms with Crippen LogP contribution >= 0.6 is 0 Å². The summed E-state index contributed by atoms with van der Waals surface area (Å²) in [4.78, 5) is 42.3. The van der Waals surface area contributed by atoms with E-state index in [1.165, 1.54) is 48.6 Å². The molecule has 1 atom stereocenters. The van der Waals surface area contributed by atoms with Crippen molar-refractivity contribution in [2.45, 2.75) is 39.0 Å². The summed E-state index contributed by atoms with van der Waals surface area (Å²) in [6.07, 6.45) is -4.45. The first kappa shape index (κ1) is 29.3. The summed E-state index contributed by atoms with van der Waals surface area (Å²) in [6, 6.07) is 6.81. The number of rotatable bonds is 6. The van der Waals surface area contributed by atoms with E-state index >= 15 is 0 Å². The van der Waals surface area contributed by atoms with Gasteiger partial charge in [0, 0.05) is 25.7 Å². The molecule has 0 radical (unpaired) electrons. The monoisotopic (exact) mass is 551 g/mol. The zero-order valence-corrected chi connectivity index (χ0v) is 21.4. The third kappa shape index (κ3) is 6.60. The van der Waals surface area contributed by atoms with E-state index < -0.39 is 51.4 Å². The first-order valence-electron chi connectivity index (χ1n) is 11.5. The Morgan fingerprint density at radius 2 is 1.69 bits per heavy atom. The summed E-state index contributed by atoms with van der Waals surface area (Å²) < 4.78 is 61.5. The predicted molar refractivity (Wildman–Crippen MR) is 130 cm³/mol. The van der Waals surface area contributed by atoms with Gasteiger partial charge < -0.3 is 24.3 Å². The summed E-state index contributed by atoms with van der Waals surface area (Å²) in [5, 5.41) is 12.3. The summed E-state index contributed by atoms with van der Waals surface area (Å²) in [5.74, 6) is -2.69. The number of nitrogens with zero attached hydrogens (tertiary/aromatic N) is 3. The fraction of sp³-hybridized carbons (Fsp3) is 0.308. The second kappa shape index (κ2) is 10.8. The van der Waals surface area contributed by atoms with Crippen molar-refractivity contribution in [3.05, 3.63) is 71.8 Å². The maximum absolute atomic E-state index is 13.8. The Hall–Kier alpha value is -4.26. The third-order valence-electron chi connectivity index (χ3n) is 5.55. The largest absolute Gasteiger partial charge is 0.497 e. The molecule has 0 fully saturated rings. The molecular formula is C26H25F4N3O6. The van der Waals surface area contributed by atoms with Gasteiger partial charge in [-0.2, -0.15) is 17.7 Å². The molecule has 0 N–H and O–H groups in total. The van der Waals surface area contributed by atoms with Crippen LogP contribution in [0, 0.1) is 5.82 Å². The number of ether oxygens (including phenoxy) is 2. The first-order valence-corrected chi connectivity index (χ1v) is 11.5. The van der Waals surface area contributed by atoms with Crippen molar-refractivity contribution in [1.82, 2.24) is 9.38 Å². The molecule has 0 aliphatic carbocycles. The summed E-state index contributed by atoms with van der Waals surface area (Å²) in [7, 11) is 1.50. The minimum absolute atomic E-state index is 0.0486. The van der Waals surface area contributed by atoms with Gasteiger partial charge in [-0.25, -0.2) is 19.0 Å². The van der Waals surface area contributed by atoms with Crippen LogP contribution in [0.4, 0.5) is 32.8 Å². The molecule has 0 spiro atoms. The van der Waals surface area contributed by atoms with Crippen LogP contribution in [-0.2, 0) is 10.9 Å². The number of aliphatic imine (C=N–C) groups is 1. The molecule has 13 heteroatoms. The molecule has 2 aromatic carbocycles. The fourth-order valence-corrected chi connectivity index (χ4v) is 3.63. The molecule has 3 rings (SSSR count). The first-order chi connectivity index (χ1) is 18.0. The van der Waals surface area contributed by atoms with Gasteiger partial charge in [-0.05, 0) is 51.1 Å². The Labute approximate surface area is 221 Å². The normalized spacial score (nSPS) is 17.0. The molecule has 1 heterocycles. The second-order valence-electron chi connectivity index (χ2n) is 9.56. The third-order valence-corrected chi connectivity index (χ3v) is 5.55. The minimum atomic E-state index is -4.92. The van der Waals surface area contributed by atoms with E-state index in [1.807, 2.05) is 0 Å². The van der Waals surface area contributed by atoms with Crippen molar-refractivity contribution in [2.24, 2.45) is 4.99 Å². The fourth-order valence-electron chi connectivity index (χ4n) is 3.63. The van der Waals surface area contributed by atoms with Crippen LogP contribution in [0.5, 0.6) is 5.75 Å². The highest BCUT2D eigenvalue weighted by molar-refractivity contribution is 6.10. The van der Waals surface area contributed by atoms with E-state index in [1.54, 1.807) is 20.8 Å². The van der Waals surface area contributed by atoms with Crippen molar-refractivity contribution < 1.29 is 46.5 Å². The maximum atomic E-state index is 13.8. The standard InChI is InChI=1S/C26H25F4N3O6/c1-25(2,3)39-23(35)32(4)13-11-21-31-12-14-33(21,24(36)37)17-6-8-18(9-7-17)38-22(34)16-5-10-19(20(27)15-16)26(28,29)30/h5-10,12,14-15H,11,13H2,1-4H3. The molecule has 9 nitrogen and oxygen atoms in total. The van der Waals surface area contributed by atoms with Crippen molar-refractivity contribution in [2.75, 3.05) is 13.6 Å². The van der Waals surface area contributed by atoms with E-state index in [4.69, 9.17) is 9.47 Å². The van der Waals surface area contributed by atoms with E-state index in [0.717, 1.165) is 6.07 Å². The Kier molecular flexibility index (Phi) is 8.15. The van der Waals surface area contributed by atoms with Crippen LogP contribution in [-0.4, -0.2) is 48.1 Å². The highest BCUT2D eigenvalue weighted by Crippen LogP contribution is 2.33. The molecule has 0 bridgehead atoms. The van der Waals surface area contributed by atoms with E-state index in [2.05, 4.69) is 4.99 Å². The van der Waals surface area contributed by atoms with Crippen molar-refractivity contribution in [3.63, 3.8) is 0 Å². The van der Waals surface area contributed by atoms with Gasteiger partial charge in [0.25, 0.3) is 6.09 Å². The highest BCUT2D eigenvalue weighted by Gasteiger charge is 2.41. The van der Waals surface area contributed by atoms with Gasteiger partial charge in [0.2, 0.25) is 5.84 Å². The average molecular weight is 551 g/mol. The molecule has 39 heavy (non-hydrogen) atoms. The smallest absolute Gasteiger partial charge is 0.419 e. The number of quaternary nitrogens is 1. The van der Waals surface area contributed by atoms with Gasteiger partial charge in [-0.3, -0.25) is 0 Å². The Balaban J connectivity index is 1.75. The number of halogens is 4. The molecule has 2 amide bonds. The van der Waals surface area contributed by atoms with Crippen LogP contribution in [0.15, 0.2) is 59.9 Å². The molecule has 0 saturated carbocycles. The van der Waals surface area contributed by atoms with Crippen molar-refractivity contribution in [3.8, 4) is 5.75 Å². The number of benzene rings is 2. The van der Waals surface area contributed by atoms with Crippen LogP contribution in [0.2, 0.25) is 0 Å². The highest BCUT2D eigenvalue weighted by atomic mass is 19.4. The molecule has 2 aromatic rings. The average Bonchev–Trinajstić information content (AvgIpc) is 3.26. The number of carbonyl (C=O) groups is 3. The van der Waals surface area contributed by atoms with Crippen LogP contribution in [0.25, 0.3) is 0 Å². The molecular weight excluding hydrogens is 526 g/mol. The number of alkyl halides is 3. The number of hydrogen-bond donors (Lipinski definition) is 0. The lowest BCUT2D eigenvalue weighted by atomic mass is 10.1. The van der Waals surface area contributed by atoms with Gasteiger partial charge in [0.1, 0.15) is 29.1 Å². The molecule has 208 valence electrons. The van der Waals surface area contributed by atoms with E-state index in [0.29, 0.717) is 12.1 Å². The van der Waals surface area contributed by atoms with Gasteiger partial charge >= 0.3 is 18.2 Å². The molecule has 1 aliphatic rings. The van der Waals surface area contributed by atoms with Crippen LogP contribution in [0.1, 0.15) is 43.1 Å². The van der Waals surface area contributed by atoms with Gasteiger partial charge in [-0.1, -0.05) is 0 Å². The lowest BCUT2D eigenvalue weighted by molar-refractivity contribution is -0.257. The lowest BCUT2D eigenvalue weighted by Gasteiger charge is -2.32. The molecule has 1 aliphatic heterocycles. The zero-order chi connectivity index (χ0) is 29.2. The number of carbonyl (C=O) groups excluding carboxylic acids is 3. The van der Waals surface area contributed by atoms with Crippen molar-refractivity contribution >= 4 is 29.7 Å². The SMILES string of the molecule is CN(CCC1=NC=C[N+]1(C(=O)[O-])c1ccc(OC(=O)c2ccc(C(F)(F)F)c(F)c2)cc1)C(=O)OC(C)(C)C. The molecule has 0 saturated heterocycles. The number of esters is 1. The minimum Gasteiger partial charge on any atom is -0.497 e. The number of amides is 2. The summed E-state index contributed by atoms with van der Waals surface area (Å²) >= 11 is 0. The van der Waals surface area contributed by atoms with E-state index in [9.17, 15) is 37.1 Å². The maximum Gasteiger partial charge on any atom is 0.419 e. The Morgan fingerprint density at radius 3 is 2.23 bits per heavy atom. The van der Waals surface area contributed by atoms with Crippen LogP contribution < -0.4 is 14.3 Å². The quantitative estimate of drug-likeness (QED) is 0.220. The number of amidine groups is 1. The van der Waals surface area contributed by atoms with Crippen LogP contribution in [0.3, 0.4) is 0 Å².